The van der Waals surface area contributed by atoms with Crippen molar-refractivity contribution in [1.29, 1.82) is 0 Å². The van der Waals surface area contributed by atoms with Crippen LogP contribution in [0.15, 0.2) is 24.3 Å². The van der Waals surface area contributed by atoms with Crippen LogP contribution in [0, 0.1) is 0 Å². The number of fused-ring (bicyclic) bond motifs is 1. The van der Waals surface area contributed by atoms with Gasteiger partial charge in [0.1, 0.15) is 5.82 Å². The molecule has 0 saturated heterocycles. The lowest BCUT2D eigenvalue weighted by atomic mass is 10.3. The monoisotopic (exact) mass is 261 g/mol. The van der Waals surface area contributed by atoms with Gasteiger partial charge < -0.3 is 10.3 Å². The minimum atomic E-state index is 0. The van der Waals surface area contributed by atoms with Gasteiger partial charge in [-0.25, -0.2) is 4.98 Å². The van der Waals surface area contributed by atoms with Gasteiger partial charge in [0, 0.05) is 13.0 Å². The Balaban J connectivity index is 0.00000112. The van der Waals surface area contributed by atoms with Crippen LogP contribution in [0.5, 0.6) is 0 Å². The van der Waals surface area contributed by atoms with Crippen molar-refractivity contribution in [2.24, 2.45) is 5.73 Å². The summed E-state index contributed by atoms with van der Waals surface area (Å²) in [7, 11) is 0. The maximum atomic E-state index is 5.55. The van der Waals surface area contributed by atoms with Crippen molar-refractivity contribution in [3.8, 4) is 0 Å². The van der Waals surface area contributed by atoms with Crippen LogP contribution in [0.25, 0.3) is 11.0 Å². The maximum Gasteiger partial charge on any atom is 0.111 e. The molecule has 1 aromatic carbocycles. The molecule has 16 heavy (non-hydrogen) atoms. The molecule has 0 aliphatic heterocycles. The second-order valence-electron chi connectivity index (χ2n) is 3.30. The number of benzene rings is 1. The highest BCUT2D eigenvalue weighted by molar-refractivity contribution is 5.85. The Labute approximate surface area is 108 Å². The average Bonchev–Trinajstić information content (AvgIpc) is 2.55. The third-order valence-electron chi connectivity index (χ3n) is 2.42. The van der Waals surface area contributed by atoms with Gasteiger partial charge in [0.15, 0.2) is 0 Å². The van der Waals surface area contributed by atoms with E-state index in [4.69, 9.17) is 5.73 Å². The number of halogens is 2. The second-order valence-corrected chi connectivity index (χ2v) is 3.30. The zero-order chi connectivity index (χ0) is 9.97. The van der Waals surface area contributed by atoms with Crippen molar-refractivity contribution in [2.75, 3.05) is 6.54 Å². The standard InChI is InChI=1S/C11H15N3.2ClH/c1-2-14-10-6-4-3-5-9(10)13-11(14)7-8-12;;/h3-6H,2,7-8,12H2,1H3;2*1H. The van der Waals surface area contributed by atoms with Crippen molar-refractivity contribution in [2.45, 2.75) is 19.9 Å². The molecule has 5 heteroatoms. The molecule has 0 unspecified atom stereocenters. The minimum Gasteiger partial charge on any atom is -0.330 e. The van der Waals surface area contributed by atoms with Crippen LogP contribution in [0.2, 0.25) is 0 Å². The molecular weight excluding hydrogens is 245 g/mol. The SMILES string of the molecule is CCn1c(CCN)nc2ccccc21.Cl.Cl. The largest absolute Gasteiger partial charge is 0.330 e. The van der Waals surface area contributed by atoms with Crippen LogP contribution in [-0.4, -0.2) is 16.1 Å². The van der Waals surface area contributed by atoms with Gasteiger partial charge in [-0.05, 0) is 25.6 Å². The molecule has 2 rings (SSSR count). The zero-order valence-corrected chi connectivity index (χ0v) is 10.9. The van der Waals surface area contributed by atoms with Crippen LogP contribution in [-0.2, 0) is 13.0 Å². The molecule has 0 aliphatic rings. The van der Waals surface area contributed by atoms with Gasteiger partial charge in [-0.15, -0.1) is 24.8 Å². The number of hydrogen-bond donors (Lipinski definition) is 1. The fourth-order valence-electron chi connectivity index (χ4n) is 1.80. The fraction of sp³-hybridized carbons (Fsp3) is 0.364. The quantitative estimate of drug-likeness (QED) is 0.923. The van der Waals surface area contributed by atoms with Crippen molar-refractivity contribution < 1.29 is 0 Å². The first-order valence-corrected chi connectivity index (χ1v) is 5.01. The summed E-state index contributed by atoms with van der Waals surface area (Å²) in [5, 5.41) is 0. The summed E-state index contributed by atoms with van der Waals surface area (Å²) in [5.74, 6) is 1.09. The summed E-state index contributed by atoms with van der Waals surface area (Å²) in [6.45, 7) is 3.74. The first kappa shape index (κ1) is 15.2. The summed E-state index contributed by atoms with van der Waals surface area (Å²) in [6, 6.07) is 8.21. The Bertz CT molecular complexity index is 440. The van der Waals surface area contributed by atoms with E-state index in [1.165, 1.54) is 5.52 Å². The van der Waals surface area contributed by atoms with E-state index in [0.717, 1.165) is 24.3 Å². The molecule has 3 nitrogen and oxygen atoms in total. The van der Waals surface area contributed by atoms with E-state index in [9.17, 15) is 0 Å². The number of hydrogen-bond acceptors (Lipinski definition) is 2. The van der Waals surface area contributed by atoms with Gasteiger partial charge in [-0.2, -0.15) is 0 Å². The molecule has 1 aromatic heterocycles. The Morgan fingerprint density at radius 2 is 1.94 bits per heavy atom. The highest BCUT2D eigenvalue weighted by atomic mass is 35.5. The highest BCUT2D eigenvalue weighted by Gasteiger charge is 2.06. The number of aromatic nitrogens is 2. The predicted molar refractivity (Wildman–Crippen MR) is 72.7 cm³/mol. The number of nitrogens with zero attached hydrogens (tertiary/aromatic N) is 2. The molecule has 0 radical (unpaired) electrons. The van der Waals surface area contributed by atoms with E-state index in [0.29, 0.717) is 6.54 Å². The number of aryl methyl sites for hydroxylation is 1. The van der Waals surface area contributed by atoms with Gasteiger partial charge in [-0.3, -0.25) is 0 Å². The predicted octanol–water partition coefficient (Wildman–Crippen LogP) is 2.40. The van der Waals surface area contributed by atoms with Crippen molar-refractivity contribution in [1.82, 2.24) is 9.55 Å². The molecule has 2 N–H and O–H groups in total. The molecule has 0 atom stereocenters. The minimum absolute atomic E-state index is 0. The fourth-order valence-corrected chi connectivity index (χ4v) is 1.80. The molecule has 0 aliphatic carbocycles. The lowest BCUT2D eigenvalue weighted by Crippen LogP contribution is -2.09. The first-order valence-electron chi connectivity index (χ1n) is 5.01. The normalized spacial score (nSPS) is 9.62. The highest BCUT2D eigenvalue weighted by Crippen LogP contribution is 2.15. The van der Waals surface area contributed by atoms with E-state index in [1.807, 2.05) is 18.2 Å². The van der Waals surface area contributed by atoms with Crippen LogP contribution < -0.4 is 5.73 Å². The van der Waals surface area contributed by atoms with Crippen molar-refractivity contribution in [3.63, 3.8) is 0 Å². The summed E-state index contributed by atoms with van der Waals surface area (Å²) in [4.78, 5) is 4.56. The van der Waals surface area contributed by atoms with Crippen LogP contribution in [0.3, 0.4) is 0 Å². The number of nitrogens with two attached hydrogens (primary N) is 1. The summed E-state index contributed by atoms with van der Waals surface area (Å²) in [5.41, 5.74) is 7.83. The molecule has 90 valence electrons. The lowest BCUT2D eigenvalue weighted by Gasteiger charge is -2.03. The smallest absolute Gasteiger partial charge is 0.111 e. The molecule has 2 aromatic rings. The topological polar surface area (TPSA) is 43.8 Å². The first-order chi connectivity index (χ1) is 6.86. The van der Waals surface area contributed by atoms with E-state index in [2.05, 4.69) is 22.5 Å². The summed E-state index contributed by atoms with van der Waals surface area (Å²) in [6.07, 6.45) is 0.850. The Morgan fingerprint density at radius 3 is 2.56 bits per heavy atom. The molecule has 0 bridgehead atoms. The van der Waals surface area contributed by atoms with Gasteiger partial charge in [0.25, 0.3) is 0 Å². The number of para-hydroxylation sites is 2. The molecule has 0 saturated carbocycles. The Kier molecular flexibility index (Phi) is 6.41. The van der Waals surface area contributed by atoms with E-state index < -0.39 is 0 Å². The van der Waals surface area contributed by atoms with E-state index in [-0.39, 0.29) is 24.8 Å². The summed E-state index contributed by atoms with van der Waals surface area (Å²) < 4.78 is 2.22. The molecule has 1 heterocycles. The van der Waals surface area contributed by atoms with Gasteiger partial charge in [-0.1, -0.05) is 12.1 Å². The number of imidazole rings is 1. The third-order valence-corrected chi connectivity index (χ3v) is 2.42. The Hall–Kier alpha value is -0.770. The van der Waals surface area contributed by atoms with Gasteiger partial charge >= 0.3 is 0 Å². The van der Waals surface area contributed by atoms with Gasteiger partial charge in [0.05, 0.1) is 11.0 Å². The maximum absolute atomic E-state index is 5.55. The van der Waals surface area contributed by atoms with E-state index >= 15 is 0 Å². The molecule has 0 spiro atoms. The second kappa shape index (κ2) is 6.74. The summed E-state index contributed by atoms with van der Waals surface area (Å²) >= 11 is 0. The van der Waals surface area contributed by atoms with Crippen molar-refractivity contribution in [3.05, 3.63) is 30.1 Å². The van der Waals surface area contributed by atoms with Crippen LogP contribution >= 0.6 is 24.8 Å². The molecule has 0 amide bonds. The van der Waals surface area contributed by atoms with Crippen LogP contribution in [0.4, 0.5) is 0 Å². The van der Waals surface area contributed by atoms with Crippen molar-refractivity contribution >= 4 is 35.8 Å². The van der Waals surface area contributed by atoms with Gasteiger partial charge in [0.2, 0.25) is 0 Å². The Morgan fingerprint density at radius 1 is 1.25 bits per heavy atom. The third kappa shape index (κ3) is 2.67. The molecular formula is C11H17Cl2N3. The lowest BCUT2D eigenvalue weighted by molar-refractivity contribution is 0.711. The van der Waals surface area contributed by atoms with Crippen LogP contribution in [0.1, 0.15) is 12.7 Å². The van der Waals surface area contributed by atoms with E-state index in [1.54, 1.807) is 0 Å². The molecule has 0 fully saturated rings. The number of rotatable bonds is 3. The zero-order valence-electron chi connectivity index (χ0n) is 9.22. The average molecular weight is 262 g/mol.